The highest BCUT2D eigenvalue weighted by Gasteiger charge is 2.30. The van der Waals surface area contributed by atoms with Crippen LogP contribution in [0, 0.1) is 6.92 Å². The van der Waals surface area contributed by atoms with Gasteiger partial charge in [0.05, 0.1) is 5.56 Å². The van der Waals surface area contributed by atoms with E-state index in [1.165, 1.54) is 18.3 Å². The second kappa shape index (κ2) is 5.05. The van der Waals surface area contributed by atoms with Gasteiger partial charge in [-0.1, -0.05) is 6.07 Å². The van der Waals surface area contributed by atoms with Crippen LogP contribution in [0.4, 0.5) is 24.7 Å². The van der Waals surface area contributed by atoms with Crippen LogP contribution in [0.25, 0.3) is 0 Å². The summed E-state index contributed by atoms with van der Waals surface area (Å²) < 4.78 is 37.9. The van der Waals surface area contributed by atoms with E-state index >= 15 is 0 Å². The number of halogens is 4. The number of hydrogen-bond acceptors (Lipinski definition) is 3. The van der Waals surface area contributed by atoms with Crippen LogP contribution in [0.2, 0.25) is 5.28 Å². The van der Waals surface area contributed by atoms with Gasteiger partial charge in [0.25, 0.3) is 0 Å². The van der Waals surface area contributed by atoms with Crippen LogP contribution in [0.15, 0.2) is 30.5 Å². The third kappa shape index (κ3) is 3.35. The summed E-state index contributed by atoms with van der Waals surface area (Å²) in [4.78, 5) is 7.56. The zero-order chi connectivity index (χ0) is 14.0. The minimum absolute atomic E-state index is 0.0228. The lowest BCUT2D eigenvalue weighted by atomic mass is 10.1. The molecule has 0 aliphatic carbocycles. The van der Waals surface area contributed by atoms with E-state index < -0.39 is 11.7 Å². The van der Waals surface area contributed by atoms with E-state index in [9.17, 15) is 13.2 Å². The van der Waals surface area contributed by atoms with Crippen molar-refractivity contribution < 1.29 is 13.2 Å². The molecule has 1 N–H and O–H groups in total. The standard InChI is InChI=1S/C12H9ClF3N3/c1-7-2-3-8(12(14,15)16)6-9(7)18-10-4-5-17-11(13)19-10/h2-6H,1H3,(H,17,18,19). The molecule has 0 radical (unpaired) electrons. The van der Waals surface area contributed by atoms with Gasteiger partial charge in [-0.25, -0.2) is 9.97 Å². The van der Waals surface area contributed by atoms with E-state index in [1.54, 1.807) is 6.92 Å². The molecular weight excluding hydrogens is 279 g/mol. The van der Waals surface area contributed by atoms with Gasteiger partial charge < -0.3 is 5.32 Å². The van der Waals surface area contributed by atoms with Gasteiger partial charge in [-0.2, -0.15) is 13.2 Å². The number of aromatic nitrogens is 2. The van der Waals surface area contributed by atoms with Crippen molar-refractivity contribution in [3.05, 3.63) is 46.9 Å². The summed E-state index contributed by atoms with van der Waals surface area (Å²) in [7, 11) is 0. The summed E-state index contributed by atoms with van der Waals surface area (Å²) in [6, 6.07) is 4.98. The molecule has 0 saturated carbocycles. The minimum Gasteiger partial charge on any atom is -0.340 e. The first kappa shape index (κ1) is 13.6. The molecule has 7 heteroatoms. The monoisotopic (exact) mass is 287 g/mol. The van der Waals surface area contributed by atoms with Crippen LogP contribution < -0.4 is 5.32 Å². The average molecular weight is 288 g/mol. The first-order chi connectivity index (χ1) is 8.86. The van der Waals surface area contributed by atoms with Gasteiger partial charge >= 0.3 is 6.18 Å². The predicted octanol–water partition coefficient (Wildman–Crippen LogP) is 4.20. The van der Waals surface area contributed by atoms with Crippen molar-refractivity contribution in [1.82, 2.24) is 9.97 Å². The second-order valence-corrected chi connectivity index (χ2v) is 4.20. The molecule has 0 unspecified atom stereocenters. The first-order valence-corrected chi connectivity index (χ1v) is 5.67. The molecule has 0 atom stereocenters. The fraction of sp³-hybridized carbons (Fsp3) is 0.167. The number of benzene rings is 1. The Hall–Kier alpha value is -1.82. The lowest BCUT2D eigenvalue weighted by molar-refractivity contribution is -0.137. The molecule has 1 aromatic carbocycles. The van der Waals surface area contributed by atoms with Crippen molar-refractivity contribution in [3.8, 4) is 0 Å². The number of alkyl halides is 3. The average Bonchev–Trinajstić information content (AvgIpc) is 2.30. The molecule has 3 nitrogen and oxygen atoms in total. The molecule has 0 saturated heterocycles. The molecule has 0 amide bonds. The molecule has 2 rings (SSSR count). The van der Waals surface area contributed by atoms with Crippen LogP contribution in [0.3, 0.4) is 0 Å². The topological polar surface area (TPSA) is 37.8 Å². The van der Waals surface area contributed by atoms with E-state index in [4.69, 9.17) is 11.6 Å². The number of anilines is 2. The van der Waals surface area contributed by atoms with Crippen molar-refractivity contribution in [2.45, 2.75) is 13.1 Å². The van der Waals surface area contributed by atoms with Crippen molar-refractivity contribution in [2.24, 2.45) is 0 Å². The second-order valence-electron chi connectivity index (χ2n) is 3.86. The molecule has 1 aromatic heterocycles. The van der Waals surface area contributed by atoms with E-state index in [1.807, 2.05) is 0 Å². The molecule has 19 heavy (non-hydrogen) atoms. The van der Waals surface area contributed by atoms with Gasteiger partial charge in [0.2, 0.25) is 5.28 Å². The first-order valence-electron chi connectivity index (χ1n) is 5.29. The van der Waals surface area contributed by atoms with Crippen molar-refractivity contribution in [3.63, 3.8) is 0 Å². The van der Waals surface area contributed by atoms with Crippen molar-refractivity contribution >= 4 is 23.1 Å². The predicted molar refractivity (Wildman–Crippen MR) is 66.5 cm³/mol. The maximum atomic E-state index is 12.6. The van der Waals surface area contributed by atoms with E-state index in [-0.39, 0.29) is 5.28 Å². The SMILES string of the molecule is Cc1ccc(C(F)(F)F)cc1Nc1ccnc(Cl)n1. The molecular formula is C12H9ClF3N3. The smallest absolute Gasteiger partial charge is 0.340 e. The van der Waals surface area contributed by atoms with Gasteiger partial charge in [-0.05, 0) is 42.3 Å². The summed E-state index contributed by atoms with van der Waals surface area (Å²) in [5, 5.41) is 2.81. The minimum atomic E-state index is -4.38. The summed E-state index contributed by atoms with van der Waals surface area (Å²) in [5.41, 5.74) is 0.271. The number of hydrogen-bond donors (Lipinski definition) is 1. The molecule has 0 aliphatic rings. The van der Waals surface area contributed by atoms with Crippen LogP contribution in [0.5, 0.6) is 0 Å². The van der Waals surface area contributed by atoms with Crippen LogP contribution >= 0.6 is 11.6 Å². The van der Waals surface area contributed by atoms with Crippen LogP contribution in [-0.4, -0.2) is 9.97 Å². The number of rotatable bonds is 2. The highest BCUT2D eigenvalue weighted by molar-refractivity contribution is 6.28. The molecule has 0 spiro atoms. The zero-order valence-corrected chi connectivity index (χ0v) is 10.5. The molecule has 0 bridgehead atoms. The molecule has 100 valence electrons. The molecule has 0 aliphatic heterocycles. The Morgan fingerprint density at radius 1 is 1.21 bits per heavy atom. The Kier molecular flexibility index (Phi) is 3.61. The Labute approximate surface area is 112 Å². The lowest BCUT2D eigenvalue weighted by Crippen LogP contribution is -2.06. The quantitative estimate of drug-likeness (QED) is 0.841. The lowest BCUT2D eigenvalue weighted by Gasteiger charge is -2.12. The zero-order valence-electron chi connectivity index (χ0n) is 9.79. The largest absolute Gasteiger partial charge is 0.416 e. The highest BCUT2D eigenvalue weighted by Crippen LogP contribution is 2.32. The molecule has 2 aromatic rings. The highest BCUT2D eigenvalue weighted by atomic mass is 35.5. The van der Waals surface area contributed by atoms with Gasteiger partial charge in [-0.3, -0.25) is 0 Å². The third-order valence-corrected chi connectivity index (χ3v) is 2.64. The Bertz CT molecular complexity index is 599. The van der Waals surface area contributed by atoms with Crippen LogP contribution in [0.1, 0.15) is 11.1 Å². The third-order valence-electron chi connectivity index (χ3n) is 2.45. The normalized spacial score (nSPS) is 11.4. The summed E-state index contributed by atoms with van der Waals surface area (Å²) in [6.45, 7) is 1.70. The van der Waals surface area contributed by atoms with Gasteiger partial charge in [0.15, 0.2) is 0 Å². The fourth-order valence-electron chi connectivity index (χ4n) is 1.48. The Morgan fingerprint density at radius 3 is 2.58 bits per heavy atom. The summed E-state index contributed by atoms with van der Waals surface area (Å²) in [5.74, 6) is 0.336. The van der Waals surface area contributed by atoms with E-state index in [2.05, 4.69) is 15.3 Å². The maximum absolute atomic E-state index is 12.6. The summed E-state index contributed by atoms with van der Waals surface area (Å²) >= 11 is 5.61. The molecule has 1 heterocycles. The van der Waals surface area contributed by atoms with Crippen molar-refractivity contribution in [2.75, 3.05) is 5.32 Å². The molecule has 0 fully saturated rings. The number of aryl methyl sites for hydroxylation is 1. The fourth-order valence-corrected chi connectivity index (χ4v) is 1.62. The van der Waals surface area contributed by atoms with Crippen LogP contribution in [-0.2, 0) is 6.18 Å². The van der Waals surface area contributed by atoms with Crippen molar-refractivity contribution in [1.29, 1.82) is 0 Å². The van der Waals surface area contributed by atoms with E-state index in [0.29, 0.717) is 17.1 Å². The van der Waals surface area contributed by atoms with Gasteiger partial charge in [0.1, 0.15) is 5.82 Å². The number of nitrogens with zero attached hydrogens (tertiary/aromatic N) is 2. The summed E-state index contributed by atoms with van der Waals surface area (Å²) in [6.07, 6.45) is -2.96. The van der Waals surface area contributed by atoms with E-state index in [0.717, 1.165) is 12.1 Å². The Balaban J connectivity index is 2.34. The van der Waals surface area contributed by atoms with Gasteiger partial charge in [0, 0.05) is 11.9 Å². The van der Waals surface area contributed by atoms with Gasteiger partial charge in [-0.15, -0.1) is 0 Å². The Morgan fingerprint density at radius 2 is 1.95 bits per heavy atom. The number of nitrogens with one attached hydrogen (secondary N) is 1. The maximum Gasteiger partial charge on any atom is 0.416 e.